The van der Waals surface area contributed by atoms with Gasteiger partial charge in [0.25, 0.3) is 0 Å². The number of ether oxygens (including phenoxy) is 1. The lowest BCUT2D eigenvalue weighted by molar-refractivity contribution is -0.143. The molecule has 0 spiro atoms. The molecule has 0 unspecified atom stereocenters. The summed E-state index contributed by atoms with van der Waals surface area (Å²) in [6, 6.07) is 1.22. The van der Waals surface area contributed by atoms with Crippen molar-refractivity contribution in [2.24, 2.45) is 0 Å². The van der Waals surface area contributed by atoms with E-state index in [0.29, 0.717) is 25.1 Å². The van der Waals surface area contributed by atoms with E-state index < -0.39 is 0 Å². The van der Waals surface area contributed by atoms with Crippen LogP contribution in [0.2, 0.25) is 0 Å². The summed E-state index contributed by atoms with van der Waals surface area (Å²) in [6.45, 7) is 3.46. The topological polar surface area (TPSA) is 49.8 Å². The van der Waals surface area contributed by atoms with Crippen molar-refractivity contribution in [2.75, 3.05) is 13.2 Å². The van der Waals surface area contributed by atoms with Gasteiger partial charge in [0.05, 0.1) is 12.7 Å². The molecule has 2 atom stereocenters. The van der Waals surface area contributed by atoms with E-state index in [2.05, 4.69) is 4.90 Å². The van der Waals surface area contributed by atoms with Crippen molar-refractivity contribution in [3.05, 3.63) is 0 Å². The maximum Gasteiger partial charge on any atom is 0.305 e. The smallest absolute Gasteiger partial charge is 0.305 e. The highest BCUT2D eigenvalue weighted by Crippen LogP contribution is 2.35. The zero-order valence-corrected chi connectivity index (χ0v) is 12.0. The van der Waals surface area contributed by atoms with Crippen molar-refractivity contribution >= 4 is 5.97 Å². The summed E-state index contributed by atoms with van der Waals surface area (Å²) in [5.74, 6) is -0.0661. The number of carbonyl (C=O) groups excluding carboxylic acids is 1. The molecule has 110 valence electrons. The Bertz CT molecular complexity index is 281. The molecule has 2 aliphatic heterocycles. The van der Waals surface area contributed by atoms with Crippen LogP contribution in [0.1, 0.15) is 58.3 Å². The van der Waals surface area contributed by atoms with Gasteiger partial charge < -0.3 is 9.84 Å². The second kappa shape index (κ2) is 7.25. The highest BCUT2D eigenvalue weighted by molar-refractivity contribution is 5.69. The SMILES string of the molecule is CCOC(=O)CCCCCN1[C@H]2CC[C@H]1CC(O)C2. The van der Waals surface area contributed by atoms with Gasteiger partial charge in [-0.05, 0) is 52.0 Å². The van der Waals surface area contributed by atoms with Crippen molar-refractivity contribution in [3.63, 3.8) is 0 Å². The van der Waals surface area contributed by atoms with Crippen molar-refractivity contribution in [2.45, 2.75) is 76.5 Å². The van der Waals surface area contributed by atoms with Gasteiger partial charge >= 0.3 is 5.97 Å². The fourth-order valence-corrected chi connectivity index (χ4v) is 3.58. The Morgan fingerprint density at radius 3 is 2.53 bits per heavy atom. The van der Waals surface area contributed by atoms with E-state index in [1.165, 1.54) is 12.8 Å². The Labute approximate surface area is 116 Å². The average molecular weight is 269 g/mol. The van der Waals surface area contributed by atoms with E-state index in [1.807, 2.05) is 6.92 Å². The molecule has 2 bridgehead atoms. The van der Waals surface area contributed by atoms with Gasteiger partial charge in [-0.25, -0.2) is 0 Å². The number of unbranched alkanes of at least 4 members (excludes halogenated alkanes) is 2. The van der Waals surface area contributed by atoms with Gasteiger partial charge in [-0.2, -0.15) is 0 Å². The first-order valence-electron chi connectivity index (χ1n) is 7.80. The molecule has 2 rings (SSSR count). The average Bonchev–Trinajstić information content (AvgIpc) is 2.61. The molecule has 0 radical (unpaired) electrons. The minimum atomic E-state index is -0.0717. The minimum Gasteiger partial charge on any atom is -0.466 e. The van der Waals surface area contributed by atoms with E-state index >= 15 is 0 Å². The summed E-state index contributed by atoms with van der Waals surface area (Å²) in [5.41, 5.74) is 0. The number of carbonyl (C=O) groups is 1. The standard InChI is InChI=1S/C15H27NO3/c1-2-19-15(18)6-4-3-5-9-16-12-7-8-13(16)11-14(17)10-12/h12-14,17H,2-11H2,1H3/t12-,13-/m0/s1. The fourth-order valence-electron chi connectivity index (χ4n) is 3.58. The molecular weight excluding hydrogens is 242 g/mol. The molecule has 2 aliphatic rings. The van der Waals surface area contributed by atoms with Crippen molar-refractivity contribution in [1.82, 2.24) is 4.90 Å². The van der Waals surface area contributed by atoms with Crippen LogP contribution in [0.15, 0.2) is 0 Å². The molecule has 0 aromatic carbocycles. The molecule has 1 N–H and O–H groups in total. The number of fused-ring (bicyclic) bond motifs is 2. The largest absolute Gasteiger partial charge is 0.466 e. The minimum absolute atomic E-state index is 0.0661. The van der Waals surface area contributed by atoms with Crippen LogP contribution in [0.25, 0.3) is 0 Å². The van der Waals surface area contributed by atoms with Crippen molar-refractivity contribution in [1.29, 1.82) is 0 Å². The number of piperidine rings is 1. The molecule has 4 heteroatoms. The second-order valence-electron chi connectivity index (χ2n) is 5.86. The van der Waals surface area contributed by atoms with Crippen LogP contribution in [0.5, 0.6) is 0 Å². The van der Waals surface area contributed by atoms with Crippen LogP contribution in [0.3, 0.4) is 0 Å². The summed E-state index contributed by atoms with van der Waals surface area (Å²) in [6.07, 6.45) is 8.09. The number of aliphatic hydroxyl groups is 1. The Balaban J connectivity index is 1.58. The summed E-state index contributed by atoms with van der Waals surface area (Å²) in [5, 5.41) is 9.75. The Morgan fingerprint density at radius 2 is 1.89 bits per heavy atom. The van der Waals surface area contributed by atoms with E-state index in [0.717, 1.165) is 38.6 Å². The lowest BCUT2D eigenvalue weighted by atomic mass is 9.99. The van der Waals surface area contributed by atoms with Gasteiger partial charge in [-0.3, -0.25) is 9.69 Å². The third-order valence-electron chi connectivity index (χ3n) is 4.46. The molecule has 0 saturated carbocycles. The van der Waals surface area contributed by atoms with E-state index in [-0.39, 0.29) is 12.1 Å². The number of nitrogens with zero attached hydrogens (tertiary/aromatic N) is 1. The van der Waals surface area contributed by atoms with Crippen LogP contribution in [-0.4, -0.2) is 47.3 Å². The molecule has 4 nitrogen and oxygen atoms in total. The normalized spacial score (nSPS) is 30.5. The third kappa shape index (κ3) is 4.18. The van der Waals surface area contributed by atoms with Gasteiger partial charge in [0.15, 0.2) is 0 Å². The molecule has 0 amide bonds. The molecular formula is C15H27NO3. The lowest BCUT2D eigenvalue weighted by Gasteiger charge is -2.37. The highest BCUT2D eigenvalue weighted by Gasteiger charge is 2.39. The second-order valence-corrected chi connectivity index (χ2v) is 5.86. The van der Waals surface area contributed by atoms with Gasteiger partial charge in [-0.15, -0.1) is 0 Å². The third-order valence-corrected chi connectivity index (χ3v) is 4.46. The van der Waals surface area contributed by atoms with E-state index in [9.17, 15) is 9.90 Å². The van der Waals surface area contributed by atoms with E-state index in [1.54, 1.807) is 0 Å². The van der Waals surface area contributed by atoms with Crippen molar-refractivity contribution < 1.29 is 14.6 Å². The maximum absolute atomic E-state index is 11.2. The van der Waals surface area contributed by atoms with Crippen LogP contribution >= 0.6 is 0 Å². The molecule has 2 heterocycles. The van der Waals surface area contributed by atoms with Gasteiger partial charge in [-0.1, -0.05) is 6.42 Å². The number of hydrogen-bond acceptors (Lipinski definition) is 4. The molecule has 0 aromatic rings. The summed E-state index contributed by atoms with van der Waals surface area (Å²) in [4.78, 5) is 13.8. The summed E-state index contributed by atoms with van der Waals surface area (Å²) in [7, 11) is 0. The Morgan fingerprint density at radius 1 is 1.21 bits per heavy atom. The number of esters is 1. The zero-order valence-electron chi connectivity index (χ0n) is 12.0. The Hall–Kier alpha value is -0.610. The predicted molar refractivity (Wildman–Crippen MR) is 73.9 cm³/mol. The monoisotopic (exact) mass is 269 g/mol. The fraction of sp³-hybridized carbons (Fsp3) is 0.933. The first kappa shape index (κ1) is 14.8. The summed E-state index contributed by atoms with van der Waals surface area (Å²) < 4.78 is 4.92. The first-order valence-corrected chi connectivity index (χ1v) is 7.80. The quantitative estimate of drug-likeness (QED) is 0.568. The maximum atomic E-state index is 11.2. The van der Waals surface area contributed by atoms with E-state index in [4.69, 9.17) is 4.74 Å². The van der Waals surface area contributed by atoms with Gasteiger partial charge in [0.2, 0.25) is 0 Å². The number of rotatable bonds is 7. The summed E-state index contributed by atoms with van der Waals surface area (Å²) >= 11 is 0. The Kier molecular flexibility index (Phi) is 5.64. The van der Waals surface area contributed by atoms with Gasteiger partial charge in [0.1, 0.15) is 0 Å². The predicted octanol–water partition coefficient (Wildman–Crippen LogP) is 2.10. The van der Waals surface area contributed by atoms with Crippen LogP contribution < -0.4 is 0 Å². The van der Waals surface area contributed by atoms with Crippen LogP contribution in [-0.2, 0) is 9.53 Å². The van der Waals surface area contributed by atoms with Crippen LogP contribution in [0, 0.1) is 0 Å². The highest BCUT2D eigenvalue weighted by atomic mass is 16.5. The molecule has 0 aromatic heterocycles. The molecule has 2 fully saturated rings. The number of hydrogen-bond donors (Lipinski definition) is 1. The molecule has 19 heavy (non-hydrogen) atoms. The number of aliphatic hydroxyl groups excluding tert-OH is 1. The zero-order chi connectivity index (χ0) is 13.7. The lowest BCUT2D eigenvalue weighted by Crippen LogP contribution is -2.44. The molecule has 2 saturated heterocycles. The molecule has 0 aliphatic carbocycles. The van der Waals surface area contributed by atoms with Crippen LogP contribution in [0.4, 0.5) is 0 Å². The van der Waals surface area contributed by atoms with Gasteiger partial charge in [0, 0.05) is 18.5 Å². The first-order chi connectivity index (χ1) is 9.20. The van der Waals surface area contributed by atoms with Crippen molar-refractivity contribution in [3.8, 4) is 0 Å².